The monoisotopic (exact) mass is 351 g/mol. The van der Waals surface area contributed by atoms with E-state index in [1.165, 1.54) is 0 Å². The van der Waals surface area contributed by atoms with E-state index in [0.717, 1.165) is 22.3 Å². The van der Waals surface area contributed by atoms with Gasteiger partial charge in [-0.2, -0.15) is 0 Å². The Hall–Kier alpha value is -2.99. The Labute approximate surface area is 152 Å². The van der Waals surface area contributed by atoms with Gasteiger partial charge < -0.3 is 14.8 Å². The van der Waals surface area contributed by atoms with E-state index < -0.39 is 6.10 Å². The van der Waals surface area contributed by atoms with Crippen molar-refractivity contribution < 1.29 is 14.3 Å². The number of rotatable bonds is 7. The van der Waals surface area contributed by atoms with Crippen molar-refractivity contribution in [2.75, 3.05) is 20.3 Å². The molecule has 0 bridgehead atoms. The predicted molar refractivity (Wildman–Crippen MR) is 99.9 cm³/mol. The van der Waals surface area contributed by atoms with Gasteiger partial charge in [0.1, 0.15) is 5.75 Å². The van der Waals surface area contributed by atoms with Crippen LogP contribution in [0.25, 0.3) is 22.3 Å². The first-order chi connectivity index (χ1) is 12.7. The SMILES string of the molecule is COCCNC(=O)[C@H](C)Oc1ccc(-c2cnc3ccccc3n2)cc1. The zero-order valence-electron chi connectivity index (χ0n) is 14.8. The molecule has 0 spiro atoms. The maximum atomic E-state index is 11.9. The fourth-order valence-corrected chi connectivity index (χ4v) is 2.48. The molecular formula is C20H21N3O3. The fourth-order valence-electron chi connectivity index (χ4n) is 2.48. The summed E-state index contributed by atoms with van der Waals surface area (Å²) in [6, 6.07) is 15.2. The zero-order chi connectivity index (χ0) is 18.4. The van der Waals surface area contributed by atoms with Gasteiger partial charge in [0, 0.05) is 19.2 Å². The molecule has 2 aromatic carbocycles. The Kier molecular flexibility index (Phi) is 5.76. The number of para-hydroxylation sites is 2. The van der Waals surface area contributed by atoms with Gasteiger partial charge in [0.05, 0.1) is 29.5 Å². The first-order valence-electron chi connectivity index (χ1n) is 8.43. The van der Waals surface area contributed by atoms with Crippen molar-refractivity contribution in [3.8, 4) is 17.0 Å². The molecule has 0 aliphatic rings. The van der Waals surface area contributed by atoms with Crippen LogP contribution in [0.2, 0.25) is 0 Å². The number of benzene rings is 2. The van der Waals surface area contributed by atoms with E-state index in [-0.39, 0.29) is 5.91 Å². The van der Waals surface area contributed by atoms with Crippen LogP contribution in [0.15, 0.2) is 54.7 Å². The number of methoxy groups -OCH3 is 1. The van der Waals surface area contributed by atoms with Crippen LogP contribution in [0.5, 0.6) is 5.75 Å². The Balaban J connectivity index is 1.66. The van der Waals surface area contributed by atoms with Crippen LogP contribution in [0.4, 0.5) is 0 Å². The molecule has 3 aromatic rings. The van der Waals surface area contributed by atoms with Gasteiger partial charge in [-0.25, -0.2) is 4.98 Å². The van der Waals surface area contributed by atoms with E-state index >= 15 is 0 Å². The minimum absolute atomic E-state index is 0.175. The Morgan fingerprint density at radius 2 is 1.85 bits per heavy atom. The summed E-state index contributed by atoms with van der Waals surface area (Å²) in [5, 5.41) is 2.75. The first kappa shape index (κ1) is 17.8. The number of ether oxygens (including phenoxy) is 2. The first-order valence-corrected chi connectivity index (χ1v) is 8.43. The number of hydrogen-bond acceptors (Lipinski definition) is 5. The summed E-state index contributed by atoms with van der Waals surface area (Å²) < 4.78 is 10.6. The van der Waals surface area contributed by atoms with Crippen LogP contribution in [0.3, 0.4) is 0 Å². The minimum Gasteiger partial charge on any atom is -0.481 e. The predicted octanol–water partition coefficient (Wildman–Crippen LogP) is 2.83. The molecule has 0 aliphatic heterocycles. The highest BCUT2D eigenvalue weighted by Gasteiger charge is 2.14. The molecule has 0 fully saturated rings. The molecule has 1 heterocycles. The van der Waals surface area contributed by atoms with Crippen LogP contribution in [-0.4, -0.2) is 42.2 Å². The number of hydrogen-bond donors (Lipinski definition) is 1. The third-order valence-corrected chi connectivity index (χ3v) is 3.89. The van der Waals surface area contributed by atoms with Crippen LogP contribution >= 0.6 is 0 Å². The Morgan fingerprint density at radius 1 is 1.12 bits per heavy atom. The molecule has 0 unspecified atom stereocenters. The molecule has 0 aliphatic carbocycles. The number of nitrogens with one attached hydrogen (secondary N) is 1. The third-order valence-electron chi connectivity index (χ3n) is 3.89. The number of fused-ring (bicyclic) bond motifs is 1. The lowest BCUT2D eigenvalue weighted by atomic mass is 10.1. The Bertz CT molecular complexity index is 881. The molecule has 6 nitrogen and oxygen atoms in total. The van der Waals surface area contributed by atoms with Crippen LogP contribution in [0, 0.1) is 0 Å². The van der Waals surface area contributed by atoms with Crippen molar-refractivity contribution >= 4 is 16.9 Å². The van der Waals surface area contributed by atoms with E-state index in [4.69, 9.17) is 9.47 Å². The summed E-state index contributed by atoms with van der Waals surface area (Å²) in [5.41, 5.74) is 3.45. The standard InChI is InChI=1S/C20H21N3O3/c1-14(20(24)21-11-12-25-2)26-16-9-7-15(8-10-16)19-13-22-17-5-3-4-6-18(17)23-19/h3-10,13-14H,11-12H2,1-2H3,(H,21,24)/t14-/m0/s1. The molecule has 1 aromatic heterocycles. The second-order valence-electron chi connectivity index (χ2n) is 5.81. The van der Waals surface area contributed by atoms with Gasteiger partial charge >= 0.3 is 0 Å². The topological polar surface area (TPSA) is 73.3 Å². The van der Waals surface area contributed by atoms with Crippen molar-refractivity contribution in [2.45, 2.75) is 13.0 Å². The third kappa shape index (κ3) is 4.34. The molecule has 134 valence electrons. The summed E-state index contributed by atoms with van der Waals surface area (Å²) in [5.74, 6) is 0.448. The molecule has 0 saturated heterocycles. The number of amides is 1. The summed E-state index contributed by atoms with van der Waals surface area (Å²) in [7, 11) is 1.59. The van der Waals surface area contributed by atoms with Crippen molar-refractivity contribution in [3.05, 3.63) is 54.7 Å². The van der Waals surface area contributed by atoms with Gasteiger partial charge in [0.25, 0.3) is 5.91 Å². The lowest BCUT2D eigenvalue weighted by Gasteiger charge is -2.15. The van der Waals surface area contributed by atoms with Gasteiger partial charge in [-0.1, -0.05) is 12.1 Å². The molecule has 26 heavy (non-hydrogen) atoms. The van der Waals surface area contributed by atoms with E-state index in [1.54, 1.807) is 20.2 Å². The second kappa shape index (κ2) is 8.40. The molecule has 1 N–H and O–H groups in total. The average molecular weight is 351 g/mol. The number of aromatic nitrogens is 2. The van der Waals surface area contributed by atoms with Crippen molar-refractivity contribution in [1.29, 1.82) is 0 Å². The molecule has 1 atom stereocenters. The number of carbonyl (C=O) groups excluding carboxylic acids is 1. The van der Waals surface area contributed by atoms with Gasteiger partial charge in [-0.15, -0.1) is 0 Å². The average Bonchev–Trinajstić information content (AvgIpc) is 2.68. The van der Waals surface area contributed by atoms with E-state index in [9.17, 15) is 4.79 Å². The highest BCUT2D eigenvalue weighted by atomic mass is 16.5. The van der Waals surface area contributed by atoms with Crippen molar-refractivity contribution in [2.24, 2.45) is 0 Å². The van der Waals surface area contributed by atoms with Crippen molar-refractivity contribution in [3.63, 3.8) is 0 Å². The van der Waals surface area contributed by atoms with Crippen molar-refractivity contribution in [1.82, 2.24) is 15.3 Å². The number of nitrogens with zero attached hydrogens (tertiary/aromatic N) is 2. The fraction of sp³-hybridized carbons (Fsp3) is 0.250. The van der Waals surface area contributed by atoms with E-state index in [1.807, 2.05) is 48.5 Å². The van der Waals surface area contributed by atoms with Crippen LogP contribution < -0.4 is 10.1 Å². The van der Waals surface area contributed by atoms with Crippen LogP contribution in [-0.2, 0) is 9.53 Å². The van der Waals surface area contributed by atoms with E-state index in [2.05, 4.69) is 15.3 Å². The highest BCUT2D eigenvalue weighted by Crippen LogP contribution is 2.22. The highest BCUT2D eigenvalue weighted by molar-refractivity contribution is 5.80. The molecule has 1 amide bonds. The normalized spacial score (nSPS) is 11.9. The largest absolute Gasteiger partial charge is 0.481 e. The van der Waals surface area contributed by atoms with Crippen LogP contribution in [0.1, 0.15) is 6.92 Å². The lowest BCUT2D eigenvalue weighted by molar-refractivity contribution is -0.127. The summed E-state index contributed by atoms with van der Waals surface area (Å²) in [4.78, 5) is 21.0. The quantitative estimate of drug-likeness (QED) is 0.663. The molecule has 0 saturated carbocycles. The van der Waals surface area contributed by atoms with Gasteiger partial charge in [0.2, 0.25) is 0 Å². The maximum absolute atomic E-state index is 11.9. The molecule has 3 rings (SSSR count). The smallest absolute Gasteiger partial charge is 0.260 e. The molecule has 6 heteroatoms. The summed E-state index contributed by atoms with van der Waals surface area (Å²) >= 11 is 0. The maximum Gasteiger partial charge on any atom is 0.260 e. The molecular weight excluding hydrogens is 330 g/mol. The Morgan fingerprint density at radius 3 is 2.58 bits per heavy atom. The number of carbonyl (C=O) groups is 1. The van der Waals surface area contributed by atoms with E-state index in [0.29, 0.717) is 18.9 Å². The lowest BCUT2D eigenvalue weighted by Crippen LogP contribution is -2.37. The van der Waals surface area contributed by atoms with Gasteiger partial charge in [-0.3, -0.25) is 9.78 Å². The van der Waals surface area contributed by atoms with Gasteiger partial charge in [-0.05, 0) is 43.3 Å². The summed E-state index contributed by atoms with van der Waals surface area (Å²) in [6.07, 6.45) is 1.17. The molecule has 0 radical (unpaired) electrons. The van der Waals surface area contributed by atoms with Gasteiger partial charge in [0.15, 0.2) is 6.10 Å². The zero-order valence-corrected chi connectivity index (χ0v) is 14.8. The summed E-state index contributed by atoms with van der Waals surface area (Å²) in [6.45, 7) is 2.65. The second-order valence-corrected chi connectivity index (χ2v) is 5.81. The minimum atomic E-state index is -0.585.